The van der Waals surface area contributed by atoms with E-state index in [0.29, 0.717) is 16.8 Å². The highest BCUT2D eigenvalue weighted by Gasteiger charge is 2.26. The zero-order chi connectivity index (χ0) is 16.0. The van der Waals surface area contributed by atoms with E-state index in [4.69, 9.17) is 12.2 Å². The lowest BCUT2D eigenvalue weighted by atomic mass is 10.2. The average molecular weight is 327 g/mol. The number of nitrogens with one attached hydrogen (secondary N) is 3. The molecule has 2 heterocycles. The van der Waals surface area contributed by atoms with Gasteiger partial charge in [0.2, 0.25) is 0 Å². The van der Waals surface area contributed by atoms with Crippen LogP contribution in [0.5, 0.6) is 0 Å². The second-order valence-corrected chi connectivity index (χ2v) is 5.93. The van der Waals surface area contributed by atoms with Gasteiger partial charge in [0.15, 0.2) is 10.5 Å². The summed E-state index contributed by atoms with van der Waals surface area (Å²) in [5.41, 5.74) is 3.94. The third-order valence-electron chi connectivity index (χ3n) is 3.87. The summed E-state index contributed by atoms with van der Waals surface area (Å²) < 4.78 is 1.16. The Labute approximate surface area is 135 Å². The van der Waals surface area contributed by atoms with E-state index < -0.39 is 5.91 Å². The van der Waals surface area contributed by atoms with Crippen molar-refractivity contribution < 1.29 is 4.79 Å². The van der Waals surface area contributed by atoms with Crippen molar-refractivity contribution in [2.75, 3.05) is 5.43 Å². The number of H-pyrrole nitrogens is 2. The number of para-hydroxylation sites is 1. The summed E-state index contributed by atoms with van der Waals surface area (Å²) in [7, 11) is 0. The van der Waals surface area contributed by atoms with Gasteiger partial charge in [-0.1, -0.05) is 12.1 Å². The highest BCUT2D eigenvalue weighted by molar-refractivity contribution is 7.71. The van der Waals surface area contributed by atoms with Crippen molar-refractivity contribution >= 4 is 29.0 Å². The Balaban J connectivity index is 1.70. The molecule has 1 saturated carbocycles. The van der Waals surface area contributed by atoms with Crippen LogP contribution in [0.25, 0.3) is 10.9 Å². The number of rotatable bonds is 3. The largest absolute Gasteiger partial charge is 0.330 e. The van der Waals surface area contributed by atoms with E-state index in [1.54, 1.807) is 30.3 Å². The Hall–Kier alpha value is -2.74. The van der Waals surface area contributed by atoms with Crippen molar-refractivity contribution in [2.45, 2.75) is 18.8 Å². The van der Waals surface area contributed by atoms with Gasteiger partial charge >= 0.3 is 0 Å². The van der Waals surface area contributed by atoms with Gasteiger partial charge in [0.05, 0.1) is 10.9 Å². The number of carbonyl (C=O) groups is 1. The average Bonchev–Trinajstić information content (AvgIpc) is 3.28. The normalized spacial score (nSPS) is 14.1. The smallest absolute Gasteiger partial charge is 0.290 e. The molecule has 1 aromatic carbocycles. The van der Waals surface area contributed by atoms with Crippen LogP contribution >= 0.6 is 12.2 Å². The Morgan fingerprint density at radius 3 is 2.91 bits per heavy atom. The molecular formula is C15H13N5O2S. The summed E-state index contributed by atoms with van der Waals surface area (Å²) in [4.78, 5) is 27.7. The molecule has 0 saturated heterocycles. The van der Waals surface area contributed by atoms with Crippen LogP contribution in [0.4, 0.5) is 0 Å². The van der Waals surface area contributed by atoms with E-state index in [1.807, 2.05) is 0 Å². The predicted octanol–water partition coefficient (Wildman–Crippen LogP) is 2.04. The maximum absolute atomic E-state index is 12.5. The second kappa shape index (κ2) is 5.17. The minimum Gasteiger partial charge on any atom is -0.330 e. The fourth-order valence-electron chi connectivity index (χ4n) is 2.48. The second-order valence-electron chi connectivity index (χ2n) is 5.54. The number of carbonyl (C=O) groups excluding carboxylic acids is 1. The molecule has 0 aliphatic heterocycles. The first kappa shape index (κ1) is 13.9. The lowest BCUT2D eigenvalue weighted by Gasteiger charge is -2.08. The highest BCUT2D eigenvalue weighted by atomic mass is 32.1. The van der Waals surface area contributed by atoms with E-state index in [2.05, 4.69) is 20.6 Å². The van der Waals surface area contributed by atoms with Gasteiger partial charge in [0.1, 0.15) is 0 Å². The Morgan fingerprint density at radius 2 is 2.13 bits per heavy atom. The molecule has 116 valence electrons. The van der Waals surface area contributed by atoms with Gasteiger partial charge in [0, 0.05) is 11.6 Å². The molecule has 0 radical (unpaired) electrons. The van der Waals surface area contributed by atoms with Crippen molar-refractivity contribution in [3.8, 4) is 0 Å². The highest BCUT2D eigenvalue weighted by Crippen LogP contribution is 2.38. The Bertz CT molecular complexity index is 1030. The Kier molecular flexibility index (Phi) is 3.12. The van der Waals surface area contributed by atoms with Crippen LogP contribution in [0.3, 0.4) is 0 Å². The van der Waals surface area contributed by atoms with E-state index >= 15 is 0 Å². The molecular weight excluding hydrogens is 314 g/mol. The monoisotopic (exact) mass is 327 g/mol. The number of amides is 1. The fourth-order valence-corrected chi connectivity index (χ4v) is 2.72. The topological polar surface area (TPSA) is 95.6 Å². The van der Waals surface area contributed by atoms with Gasteiger partial charge in [-0.3, -0.25) is 20.1 Å². The first-order valence-electron chi connectivity index (χ1n) is 7.24. The molecule has 3 aromatic rings. The number of benzene rings is 1. The van der Waals surface area contributed by atoms with Crippen molar-refractivity contribution in [3.63, 3.8) is 0 Å². The Morgan fingerprint density at radius 1 is 1.35 bits per heavy atom. The van der Waals surface area contributed by atoms with Crippen molar-refractivity contribution in [1.29, 1.82) is 0 Å². The van der Waals surface area contributed by atoms with Gasteiger partial charge < -0.3 is 4.98 Å². The minimum atomic E-state index is -0.481. The molecule has 8 heteroatoms. The minimum absolute atomic E-state index is 0.125. The zero-order valence-corrected chi connectivity index (χ0v) is 12.8. The summed E-state index contributed by atoms with van der Waals surface area (Å²) in [5.74, 6) is -0.0136. The van der Waals surface area contributed by atoms with Crippen molar-refractivity contribution in [1.82, 2.24) is 19.9 Å². The maximum atomic E-state index is 12.5. The predicted molar refractivity (Wildman–Crippen MR) is 87.6 cm³/mol. The number of nitrogens with zero attached hydrogens (tertiary/aromatic N) is 2. The molecule has 7 nitrogen and oxygen atoms in total. The molecule has 2 aromatic heterocycles. The third-order valence-corrected chi connectivity index (χ3v) is 4.15. The molecule has 0 bridgehead atoms. The molecule has 4 rings (SSSR count). The third kappa shape index (κ3) is 2.46. The van der Waals surface area contributed by atoms with E-state index in [-0.39, 0.29) is 16.0 Å². The van der Waals surface area contributed by atoms with Gasteiger partial charge in [-0.05, 0) is 43.3 Å². The molecule has 23 heavy (non-hydrogen) atoms. The van der Waals surface area contributed by atoms with Gasteiger partial charge in [-0.2, -0.15) is 9.77 Å². The maximum Gasteiger partial charge on any atom is 0.290 e. The zero-order valence-electron chi connectivity index (χ0n) is 12.0. The fraction of sp³-hybridized carbons (Fsp3) is 0.200. The first-order chi connectivity index (χ1) is 11.1. The summed E-state index contributed by atoms with van der Waals surface area (Å²) >= 11 is 5.16. The van der Waals surface area contributed by atoms with Crippen LogP contribution in [0, 0.1) is 4.77 Å². The lowest BCUT2D eigenvalue weighted by Crippen LogP contribution is -2.34. The molecule has 3 N–H and O–H groups in total. The molecule has 1 aliphatic carbocycles. The molecule has 0 unspecified atom stereocenters. The summed E-state index contributed by atoms with van der Waals surface area (Å²) in [6, 6.07) is 8.70. The van der Waals surface area contributed by atoms with Crippen molar-refractivity contribution in [3.05, 3.63) is 56.8 Å². The summed E-state index contributed by atoms with van der Waals surface area (Å²) in [6.07, 6.45) is 2.22. The molecule has 0 atom stereocenters. The number of hydrogen-bond acceptors (Lipinski definition) is 4. The van der Waals surface area contributed by atoms with Crippen LogP contribution in [-0.4, -0.2) is 25.8 Å². The molecule has 0 spiro atoms. The van der Waals surface area contributed by atoms with Crippen LogP contribution in [0.2, 0.25) is 0 Å². The van der Waals surface area contributed by atoms with Crippen LogP contribution in [-0.2, 0) is 0 Å². The van der Waals surface area contributed by atoms with Gasteiger partial charge in [-0.15, -0.1) is 0 Å². The number of hydrogen-bond donors (Lipinski definition) is 3. The quantitative estimate of drug-likeness (QED) is 0.642. The van der Waals surface area contributed by atoms with E-state index in [0.717, 1.165) is 23.2 Å². The van der Waals surface area contributed by atoms with Crippen LogP contribution in [0.1, 0.15) is 34.9 Å². The molecule has 1 aliphatic rings. The molecule has 1 amide bonds. The van der Waals surface area contributed by atoms with Crippen molar-refractivity contribution in [2.24, 2.45) is 0 Å². The van der Waals surface area contributed by atoms with Crippen LogP contribution < -0.4 is 11.0 Å². The number of fused-ring (bicyclic) bond motifs is 1. The standard InChI is InChI=1S/C15H13N5O2S/c21-13(12-7-11(17-18-12)8-5-6-8)19-20-14(22)9-3-1-2-4-10(9)16-15(20)23/h1-4,7-8H,5-6H2,(H,16,23)(H,17,18)(H,19,21). The first-order valence-corrected chi connectivity index (χ1v) is 7.65. The van der Waals surface area contributed by atoms with E-state index in [1.165, 1.54) is 0 Å². The van der Waals surface area contributed by atoms with Gasteiger partial charge in [-0.25, -0.2) is 0 Å². The lowest BCUT2D eigenvalue weighted by molar-refractivity contribution is 0.100. The van der Waals surface area contributed by atoms with Crippen LogP contribution in [0.15, 0.2) is 35.1 Å². The summed E-state index contributed by atoms with van der Waals surface area (Å²) in [6.45, 7) is 0. The summed E-state index contributed by atoms with van der Waals surface area (Å²) in [5, 5.41) is 7.31. The van der Waals surface area contributed by atoms with Gasteiger partial charge in [0.25, 0.3) is 11.5 Å². The molecule has 1 fully saturated rings. The SMILES string of the molecule is O=C(Nn1c(=S)[nH]c2ccccc2c1=O)c1cc(C2CC2)[nH]n1. The number of aromatic nitrogens is 4. The van der Waals surface area contributed by atoms with E-state index in [9.17, 15) is 9.59 Å². The number of aromatic amines is 2.